The second kappa shape index (κ2) is 7.07. The zero-order valence-corrected chi connectivity index (χ0v) is 15.4. The predicted molar refractivity (Wildman–Crippen MR) is 94.6 cm³/mol. The van der Waals surface area contributed by atoms with Crippen molar-refractivity contribution < 1.29 is 23.9 Å². The van der Waals surface area contributed by atoms with Crippen LogP contribution in [0.1, 0.15) is 37.0 Å². The van der Waals surface area contributed by atoms with E-state index < -0.39 is 11.6 Å². The standard InChI is InChI=1S/C19H24N2O5/c1-13(2)12-20-17(23)14-6-4-5-7-15(14)21-16(22)8-9-19(20,21)18(24)26-11-10-25-3/h4-7,13H,8-12H2,1-3H3. The average molecular weight is 360 g/mol. The van der Waals surface area contributed by atoms with Gasteiger partial charge < -0.3 is 14.4 Å². The van der Waals surface area contributed by atoms with Crippen molar-refractivity contribution in [1.29, 1.82) is 0 Å². The third kappa shape index (κ3) is 2.76. The van der Waals surface area contributed by atoms with Gasteiger partial charge in [-0.2, -0.15) is 0 Å². The maximum atomic E-state index is 13.2. The maximum absolute atomic E-state index is 13.2. The number of esters is 1. The number of hydrogen-bond acceptors (Lipinski definition) is 5. The first kappa shape index (κ1) is 18.4. The Bertz CT molecular complexity index is 732. The molecule has 2 heterocycles. The number of para-hydroxylation sites is 1. The van der Waals surface area contributed by atoms with E-state index in [1.165, 1.54) is 16.9 Å². The normalized spacial score (nSPS) is 21.8. The average Bonchev–Trinajstić information content (AvgIpc) is 2.97. The molecule has 140 valence electrons. The molecule has 3 rings (SSSR count). The van der Waals surface area contributed by atoms with Crippen molar-refractivity contribution >= 4 is 23.5 Å². The summed E-state index contributed by atoms with van der Waals surface area (Å²) in [6, 6.07) is 6.92. The van der Waals surface area contributed by atoms with E-state index in [9.17, 15) is 14.4 Å². The van der Waals surface area contributed by atoms with Gasteiger partial charge in [-0.25, -0.2) is 4.79 Å². The Hall–Kier alpha value is -2.41. The highest BCUT2D eigenvalue weighted by Gasteiger charge is 2.61. The van der Waals surface area contributed by atoms with Crippen LogP contribution >= 0.6 is 0 Å². The van der Waals surface area contributed by atoms with E-state index in [0.717, 1.165) is 0 Å². The Morgan fingerprint density at radius 1 is 1.23 bits per heavy atom. The smallest absolute Gasteiger partial charge is 0.353 e. The van der Waals surface area contributed by atoms with Gasteiger partial charge in [-0.15, -0.1) is 0 Å². The highest BCUT2D eigenvalue weighted by Crippen LogP contribution is 2.45. The molecular formula is C19H24N2O5. The summed E-state index contributed by atoms with van der Waals surface area (Å²) in [7, 11) is 1.52. The minimum absolute atomic E-state index is 0.0739. The van der Waals surface area contributed by atoms with Gasteiger partial charge in [-0.3, -0.25) is 14.5 Å². The number of ether oxygens (including phenoxy) is 2. The molecule has 26 heavy (non-hydrogen) atoms. The van der Waals surface area contributed by atoms with Crippen LogP contribution in [0.5, 0.6) is 0 Å². The van der Waals surface area contributed by atoms with Crippen molar-refractivity contribution in [3.63, 3.8) is 0 Å². The zero-order valence-electron chi connectivity index (χ0n) is 15.4. The number of rotatable bonds is 6. The van der Waals surface area contributed by atoms with Crippen molar-refractivity contribution in [2.45, 2.75) is 32.4 Å². The number of nitrogens with zero attached hydrogens (tertiary/aromatic N) is 2. The number of anilines is 1. The summed E-state index contributed by atoms with van der Waals surface area (Å²) < 4.78 is 10.3. The van der Waals surface area contributed by atoms with Crippen LogP contribution in [0.3, 0.4) is 0 Å². The van der Waals surface area contributed by atoms with Gasteiger partial charge in [-0.1, -0.05) is 26.0 Å². The van der Waals surface area contributed by atoms with Gasteiger partial charge in [0.05, 0.1) is 17.9 Å². The third-order valence-electron chi connectivity index (χ3n) is 4.77. The number of amides is 2. The SMILES string of the molecule is COCCOC(=O)C12CCC(=O)N1c1ccccc1C(=O)N2CC(C)C. The largest absolute Gasteiger partial charge is 0.460 e. The first-order chi connectivity index (χ1) is 12.4. The summed E-state index contributed by atoms with van der Waals surface area (Å²) in [5, 5.41) is 0. The van der Waals surface area contributed by atoms with Crippen LogP contribution in [-0.4, -0.2) is 55.2 Å². The molecule has 0 N–H and O–H groups in total. The molecule has 2 aliphatic rings. The molecule has 7 heteroatoms. The number of methoxy groups -OCH3 is 1. The van der Waals surface area contributed by atoms with Crippen LogP contribution in [0, 0.1) is 5.92 Å². The number of fused-ring (bicyclic) bond motifs is 3. The number of hydrogen-bond donors (Lipinski definition) is 0. The Kier molecular flexibility index (Phi) is 5.00. The summed E-state index contributed by atoms with van der Waals surface area (Å²) in [5.74, 6) is -0.874. The van der Waals surface area contributed by atoms with Crippen LogP contribution in [-0.2, 0) is 19.1 Å². The van der Waals surface area contributed by atoms with Crippen molar-refractivity contribution in [1.82, 2.24) is 4.90 Å². The van der Waals surface area contributed by atoms with Crippen LogP contribution in [0.15, 0.2) is 24.3 Å². The number of carbonyl (C=O) groups excluding carboxylic acids is 3. The fraction of sp³-hybridized carbons (Fsp3) is 0.526. The lowest BCUT2D eigenvalue weighted by Gasteiger charge is -2.48. The predicted octanol–water partition coefficient (Wildman–Crippen LogP) is 1.81. The van der Waals surface area contributed by atoms with Gasteiger partial charge in [0, 0.05) is 26.5 Å². The Labute approximate surface area is 152 Å². The van der Waals surface area contributed by atoms with E-state index >= 15 is 0 Å². The molecule has 0 aromatic heterocycles. The lowest BCUT2D eigenvalue weighted by atomic mass is 9.95. The minimum Gasteiger partial charge on any atom is -0.460 e. The third-order valence-corrected chi connectivity index (χ3v) is 4.77. The van der Waals surface area contributed by atoms with E-state index in [2.05, 4.69) is 0 Å². The molecule has 1 atom stereocenters. The molecule has 0 radical (unpaired) electrons. The van der Waals surface area contributed by atoms with Gasteiger partial charge in [0.2, 0.25) is 11.6 Å². The van der Waals surface area contributed by atoms with Crippen LogP contribution < -0.4 is 4.90 Å². The Balaban J connectivity index is 2.11. The first-order valence-corrected chi connectivity index (χ1v) is 8.83. The molecule has 2 aliphatic heterocycles. The van der Waals surface area contributed by atoms with E-state index in [1.807, 2.05) is 13.8 Å². The molecule has 0 saturated carbocycles. The van der Waals surface area contributed by atoms with Gasteiger partial charge >= 0.3 is 5.97 Å². The summed E-state index contributed by atoms with van der Waals surface area (Å²) >= 11 is 0. The summed E-state index contributed by atoms with van der Waals surface area (Å²) in [6.45, 7) is 4.63. The van der Waals surface area contributed by atoms with E-state index in [0.29, 0.717) is 17.8 Å². The summed E-state index contributed by atoms with van der Waals surface area (Å²) in [4.78, 5) is 42.0. The maximum Gasteiger partial charge on any atom is 0.353 e. The fourth-order valence-electron chi connectivity index (χ4n) is 3.70. The number of benzene rings is 1. The second-order valence-corrected chi connectivity index (χ2v) is 7.00. The lowest BCUT2D eigenvalue weighted by Crippen LogP contribution is -2.69. The van der Waals surface area contributed by atoms with E-state index in [1.54, 1.807) is 24.3 Å². The summed E-state index contributed by atoms with van der Waals surface area (Å²) in [5.41, 5.74) is -0.506. The van der Waals surface area contributed by atoms with Crippen LogP contribution in [0.2, 0.25) is 0 Å². The van der Waals surface area contributed by atoms with Crippen molar-refractivity contribution in [3.8, 4) is 0 Å². The van der Waals surface area contributed by atoms with Crippen molar-refractivity contribution in [3.05, 3.63) is 29.8 Å². The molecule has 1 aromatic carbocycles. The van der Waals surface area contributed by atoms with E-state index in [-0.39, 0.29) is 43.8 Å². The van der Waals surface area contributed by atoms with Crippen molar-refractivity contribution in [2.24, 2.45) is 5.92 Å². The van der Waals surface area contributed by atoms with Gasteiger partial charge in [-0.05, 0) is 18.1 Å². The van der Waals surface area contributed by atoms with Crippen LogP contribution in [0.4, 0.5) is 5.69 Å². The highest BCUT2D eigenvalue weighted by atomic mass is 16.6. The van der Waals surface area contributed by atoms with Gasteiger partial charge in [0.25, 0.3) is 5.91 Å². The molecular weight excluding hydrogens is 336 g/mol. The Morgan fingerprint density at radius 2 is 1.96 bits per heavy atom. The molecule has 0 aliphatic carbocycles. The molecule has 1 unspecified atom stereocenters. The van der Waals surface area contributed by atoms with Gasteiger partial charge in [0.1, 0.15) is 6.61 Å². The monoisotopic (exact) mass is 360 g/mol. The summed E-state index contributed by atoms with van der Waals surface area (Å²) in [6.07, 6.45) is 0.417. The molecule has 1 aromatic rings. The second-order valence-electron chi connectivity index (χ2n) is 7.00. The lowest BCUT2D eigenvalue weighted by molar-refractivity contribution is -0.158. The quantitative estimate of drug-likeness (QED) is 0.571. The first-order valence-electron chi connectivity index (χ1n) is 8.83. The highest BCUT2D eigenvalue weighted by molar-refractivity contribution is 6.15. The molecule has 1 fully saturated rings. The van der Waals surface area contributed by atoms with Crippen LogP contribution in [0.25, 0.3) is 0 Å². The number of carbonyl (C=O) groups is 3. The molecule has 0 bridgehead atoms. The topological polar surface area (TPSA) is 76.1 Å². The van der Waals surface area contributed by atoms with Gasteiger partial charge in [0.15, 0.2) is 0 Å². The zero-order chi connectivity index (χ0) is 18.9. The molecule has 1 saturated heterocycles. The fourth-order valence-corrected chi connectivity index (χ4v) is 3.70. The molecule has 7 nitrogen and oxygen atoms in total. The molecule has 2 amide bonds. The van der Waals surface area contributed by atoms with Crippen molar-refractivity contribution in [2.75, 3.05) is 31.8 Å². The van der Waals surface area contributed by atoms with E-state index in [4.69, 9.17) is 9.47 Å². The molecule has 0 spiro atoms. The Morgan fingerprint density at radius 3 is 2.65 bits per heavy atom. The minimum atomic E-state index is -1.42.